The number of carbonyl (C=O) groups excluding carboxylic acids is 1. The fourth-order valence-corrected chi connectivity index (χ4v) is 4.16. The Hall–Kier alpha value is -4.52. The zero-order valence-electron chi connectivity index (χ0n) is 19.4. The zero-order valence-corrected chi connectivity index (χ0v) is 19.4. The molecule has 2 heterocycles. The van der Waals surface area contributed by atoms with Crippen molar-refractivity contribution in [2.45, 2.75) is 19.9 Å². The van der Waals surface area contributed by atoms with Crippen molar-refractivity contribution in [3.8, 4) is 16.9 Å². The first-order chi connectivity index (χ1) is 17.2. The van der Waals surface area contributed by atoms with Crippen molar-refractivity contribution < 1.29 is 9.53 Å². The third kappa shape index (κ3) is 5.19. The lowest BCUT2D eigenvalue weighted by atomic mass is 9.92. The average molecular weight is 464 g/mol. The number of nitrogens with one attached hydrogen (secondary N) is 1. The van der Waals surface area contributed by atoms with Crippen molar-refractivity contribution in [2.24, 2.45) is 0 Å². The van der Waals surface area contributed by atoms with Gasteiger partial charge in [0.15, 0.2) is 0 Å². The molecule has 0 aliphatic rings. The highest BCUT2D eigenvalue weighted by atomic mass is 16.5. The summed E-state index contributed by atoms with van der Waals surface area (Å²) in [5.41, 5.74) is 5.49. The molecule has 5 rings (SSSR count). The first-order valence-corrected chi connectivity index (χ1v) is 11.5. The van der Waals surface area contributed by atoms with Gasteiger partial charge in [0.2, 0.25) is 5.91 Å². The molecule has 3 aromatic carbocycles. The van der Waals surface area contributed by atoms with E-state index in [1.54, 1.807) is 11.0 Å². The lowest BCUT2D eigenvalue weighted by molar-refractivity contribution is -0.115. The number of nitrogens with zero attached hydrogens (tertiary/aromatic N) is 4. The number of ether oxygens (including phenoxy) is 1. The van der Waals surface area contributed by atoms with Crippen LogP contribution >= 0.6 is 0 Å². The number of pyridine rings is 1. The highest BCUT2D eigenvalue weighted by Crippen LogP contribution is 2.33. The summed E-state index contributed by atoms with van der Waals surface area (Å²) in [7, 11) is 0. The van der Waals surface area contributed by atoms with Gasteiger partial charge in [0, 0.05) is 22.8 Å². The van der Waals surface area contributed by atoms with Crippen LogP contribution in [0.25, 0.3) is 22.0 Å². The molecule has 0 unspecified atom stereocenters. The molecule has 35 heavy (non-hydrogen) atoms. The number of aryl methyl sites for hydroxylation is 1. The minimum Gasteiger partial charge on any atom is -0.492 e. The fourth-order valence-electron chi connectivity index (χ4n) is 4.16. The second-order valence-electron chi connectivity index (χ2n) is 8.19. The molecular formula is C28H25N5O2. The summed E-state index contributed by atoms with van der Waals surface area (Å²) in [6.07, 6.45) is 3.35. The summed E-state index contributed by atoms with van der Waals surface area (Å²) in [5.74, 6) is 0.568. The van der Waals surface area contributed by atoms with Gasteiger partial charge < -0.3 is 10.1 Å². The maximum absolute atomic E-state index is 13.1. The number of amides is 1. The summed E-state index contributed by atoms with van der Waals surface area (Å²) >= 11 is 0. The van der Waals surface area contributed by atoms with Gasteiger partial charge in [-0.1, -0.05) is 54.6 Å². The number of anilines is 1. The van der Waals surface area contributed by atoms with Gasteiger partial charge >= 0.3 is 0 Å². The predicted octanol–water partition coefficient (Wildman–Crippen LogP) is 5.06. The van der Waals surface area contributed by atoms with E-state index in [-0.39, 0.29) is 12.3 Å². The highest BCUT2D eigenvalue weighted by Gasteiger charge is 2.17. The first kappa shape index (κ1) is 22.3. The summed E-state index contributed by atoms with van der Waals surface area (Å²) in [6.45, 7) is 3.00. The van der Waals surface area contributed by atoms with Gasteiger partial charge in [-0.2, -0.15) is 5.10 Å². The lowest BCUT2D eigenvalue weighted by Gasteiger charge is -2.16. The zero-order chi connectivity index (χ0) is 24.0. The van der Waals surface area contributed by atoms with Gasteiger partial charge in [-0.3, -0.25) is 9.78 Å². The molecule has 0 aliphatic heterocycles. The molecule has 1 N–H and O–H groups in total. The normalized spacial score (nSPS) is 10.9. The lowest BCUT2D eigenvalue weighted by Crippen LogP contribution is -2.16. The van der Waals surface area contributed by atoms with Gasteiger partial charge in [-0.05, 0) is 41.8 Å². The van der Waals surface area contributed by atoms with E-state index in [0.717, 1.165) is 33.3 Å². The third-order valence-corrected chi connectivity index (χ3v) is 5.77. The maximum Gasteiger partial charge on any atom is 0.228 e. The highest BCUT2D eigenvalue weighted by molar-refractivity contribution is 6.00. The van der Waals surface area contributed by atoms with Crippen LogP contribution in [0.3, 0.4) is 0 Å². The Morgan fingerprint density at radius 1 is 1.00 bits per heavy atom. The number of aromatic nitrogens is 4. The average Bonchev–Trinajstić information content (AvgIpc) is 3.39. The molecule has 0 saturated carbocycles. The molecule has 0 spiro atoms. The van der Waals surface area contributed by atoms with Crippen LogP contribution in [0.1, 0.15) is 11.3 Å². The van der Waals surface area contributed by atoms with Crippen LogP contribution in [-0.2, 0) is 17.8 Å². The molecule has 0 atom stereocenters. The molecule has 5 aromatic rings. The van der Waals surface area contributed by atoms with E-state index in [1.807, 2.05) is 67.6 Å². The SMILES string of the molecule is Cc1nc2ccccc2c(-c2ccccc2)c1CC(=O)Nc1cccc(OCCn2cncn2)c1. The van der Waals surface area contributed by atoms with Gasteiger partial charge in [0.1, 0.15) is 25.0 Å². The van der Waals surface area contributed by atoms with Crippen molar-refractivity contribution in [2.75, 3.05) is 11.9 Å². The van der Waals surface area contributed by atoms with Crippen molar-refractivity contribution in [3.05, 3.63) is 103 Å². The molecule has 0 fully saturated rings. The number of hydrogen-bond donors (Lipinski definition) is 1. The molecule has 174 valence electrons. The molecular weight excluding hydrogens is 438 g/mol. The minimum atomic E-state index is -0.109. The van der Waals surface area contributed by atoms with E-state index in [1.165, 1.54) is 6.33 Å². The smallest absolute Gasteiger partial charge is 0.228 e. The summed E-state index contributed by atoms with van der Waals surface area (Å²) in [6, 6.07) is 25.6. The Kier molecular flexibility index (Phi) is 6.48. The Bertz CT molecular complexity index is 1450. The van der Waals surface area contributed by atoms with Crippen molar-refractivity contribution in [3.63, 3.8) is 0 Å². The predicted molar refractivity (Wildman–Crippen MR) is 136 cm³/mol. The summed E-state index contributed by atoms with van der Waals surface area (Å²) in [5, 5.41) is 8.11. The second-order valence-corrected chi connectivity index (χ2v) is 8.19. The maximum atomic E-state index is 13.1. The van der Waals surface area contributed by atoms with Crippen LogP contribution in [0.2, 0.25) is 0 Å². The Labute approximate surface area is 203 Å². The Morgan fingerprint density at radius 3 is 2.66 bits per heavy atom. The molecule has 0 bridgehead atoms. The van der Waals surface area contributed by atoms with Crippen LogP contribution in [0.4, 0.5) is 5.69 Å². The standard InChI is InChI=1S/C28H25N5O2/c1-20-25(28(21-8-3-2-4-9-21)24-12-5-6-13-26(24)31-20)17-27(34)32-22-10-7-11-23(16-22)35-15-14-33-19-29-18-30-33/h2-13,16,18-19H,14-15,17H2,1H3,(H,32,34). The molecule has 0 aliphatic carbocycles. The number of fused-ring (bicyclic) bond motifs is 1. The first-order valence-electron chi connectivity index (χ1n) is 11.5. The van der Waals surface area contributed by atoms with E-state index in [2.05, 4.69) is 33.6 Å². The monoisotopic (exact) mass is 463 g/mol. The quantitative estimate of drug-likeness (QED) is 0.348. The number of rotatable bonds is 8. The Balaban J connectivity index is 1.35. The number of para-hydroxylation sites is 1. The van der Waals surface area contributed by atoms with Crippen molar-refractivity contribution in [1.29, 1.82) is 0 Å². The van der Waals surface area contributed by atoms with Crippen molar-refractivity contribution >= 4 is 22.5 Å². The van der Waals surface area contributed by atoms with Crippen molar-refractivity contribution in [1.82, 2.24) is 19.7 Å². The largest absolute Gasteiger partial charge is 0.492 e. The topological polar surface area (TPSA) is 81.9 Å². The summed E-state index contributed by atoms with van der Waals surface area (Å²) in [4.78, 5) is 21.8. The van der Waals surface area contributed by atoms with E-state index in [9.17, 15) is 4.79 Å². The van der Waals surface area contributed by atoms with Crippen LogP contribution in [-0.4, -0.2) is 32.3 Å². The van der Waals surface area contributed by atoms with Gasteiger partial charge in [-0.25, -0.2) is 9.67 Å². The van der Waals surface area contributed by atoms with Crippen LogP contribution < -0.4 is 10.1 Å². The van der Waals surface area contributed by atoms with Crippen LogP contribution in [0.5, 0.6) is 5.75 Å². The van der Waals surface area contributed by atoms with Gasteiger partial charge in [-0.15, -0.1) is 0 Å². The van der Waals surface area contributed by atoms with Gasteiger partial charge in [0.25, 0.3) is 0 Å². The minimum absolute atomic E-state index is 0.109. The second kappa shape index (κ2) is 10.2. The third-order valence-electron chi connectivity index (χ3n) is 5.77. The molecule has 0 radical (unpaired) electrons. The number of hydrogen-bond acceptors (Lipinski definition) is 5. The van der Waals surface area contributed by atoms with Crippen LogP contribution in [0, 0.1) is 6.92 Å². The van der Waals surface area contributed by atoms with E-state index >= 15 is 0 Å². The van der Waals surface area contributed by atoms with E-state index in [4.69, 9.17) is 9.72 Å². The fraction of sp³-hybridized carbons (Fsp3) is 0.143. The molecule has 0 saturated heterocycles. The number of benzene rings is 3. The number of carbonyl (C=O) groups is 1. The van der Waals surface area contributed by atoms with E-state index < -0.39 is 0 Å². The van der Waals surface area contributed by atoms with Gasteiger partial charge in [0.05, 0.1) is 18.5 Å². The molecule has 7 nitrogen and oxygen atoms in total. The Morgan fingerprint density at radius 2 is 1.83 bits per heavy atom. The van der Waals surface area contributed by atoms with Crippen LogP contribution in [0.15, 0.2) is 91.5 Å². The molecule has 2 aromatic heterocycles. The van der Waals surface area contributed by atoms with E-state index in [0.29, 0.717) is 24.6 Å². The summed E-state index contributed by atoms with van der Waals surface area (Å²) < 4.78 is 7.52. The molecule has 7 heteroatoms. The molecule has 1 amide bonds.